The maximum absolute atomic E-state index is 8.89. The summed E-state index contributed by atoms with van der Waals surface area (Å²) in [4.78, 5) is 4.29. The van der Waals surface area contributed by atoms with Crippen LogP contribution in [0.4, 0.5) is 5.82 Å². The van der Waals surface area contributed by atoms with Crippen LogP contribution in [0.15, 0.2) is 12.1 Å². The topological polar surface area (TPSA) is 60.7 Å². The van der Waals surface area contributed by atoms with Gasteiger partial charge in [-0.05, 0) is 33.0 Å². The van der Waals surface area contributed by atoms with Crippen molar-refractivity contribution >= 4 is 5.82 Å². The lowest BCUT2D eigenvalue weighted by Gasteiger charge is -2.12. The van der Waals surface area contributed by atoms with Crippen LogP contribution in [0, 0.1) is 18.3 Å². The Kier molecular flexibility index (Phi) is 4.07. The molecule has 0 saturated carbocycles. The summed E-state index contributed by atoms with van der Waals surface area (Å²) in [6.07, 6.45) is 0. The number of rotatable bonds is 4. The fourth-order valence-electron chi connectivity index (χ4n) is 1.13. The van der Waals surface area contributed by atoms with Crippen LogP contribution < -0.4 is 10.6 Å². The van der Waals surface area contributed by atoms with Gasteiger partial charge in [0, 0.05) is 18.3 Å². The van der Waals surface area contributed by atoms with E-state index >= 15 is 0 Å². The van der Waals surface area contributed by atoms with Gasteiger partial charge in [0.05, 0.1) is 5.56 Å². The lowest BCUT2D eigenvalue weighted by molar-refractivity contribution is 0.637. The van der Waals surface area contributed by atoms with Gasteiger partial charge in [0.25, 0.3) is 0 Å². The van der Waals surface area contributed by atoms with E-state index in [9.17, 15) is 0 Å². The lowest BCUT2D eigenvalue weighted by atomic mass is 10.2. The van der Waals surface area contributed by atoms with Crippen molar-refractivity contribution in [2.45, 2.75) is 19.9 Å². The van der Waals surface area contributed by atoms with E-state index in [1.807, 2.05) is 20.0 Å². The highest BCUT2D eigenvalue weighted by Crippen LogP contribution is 2.11. The first kappa shape index (κ1) is 11.5. The van der Waals surface area contributed by atoms with Gasteiger partial charge in [-0.1, -0.05) is 0 Å². The zero-order valence-electron chi connectivity index (χ0n) is 9.33. The molecule has 0 aliphatic rings. The quantitative estimate of drug-likeness (QED) is 0.775. The summed E-state index contributed by atoms with van der Waals surface area (Å²) in [5.41, 5.74) is 1.50. The molecule has 4 nitrogen and oxygen atoms in total. The Morgan fingerprint density at radius 2 is 2.27 bits per heavy atom. The minimum atomic E-state index is 0.346. The number of likely N-dealkylation sites (N-methyl/N-ethyl adjacent to an activating group) is 1. The fraction of sp³-hybridized carbons (Fsp3) is 0.455. The molecule has 0 aromatic carbocycles. The van der Waals surface area contributed by atoms with Crippen molar-refractivity contribution in [2.75, 3.05) is 18.9 Å². The Morgan fingerprint density at radius 1 is 1.53 bits per heavy atom. The highest BCUT2D eigenvalue weighted by molar-refractivity contribution is 5.52. The maximum atomic E-state index is 8.89. The Labute approximate surface area is 90.3 Å². The molecule has 0 radical (unpaired) electrons. The molecule has 0 saturated heterocycles. The normalized spacial score (nSPS) is 11.9. The zero-order chi connectivity index (χ0) is 11.3. The number of nitriles is 1. The van der Waals surface area contributed by atoms with Gasteiger partial charge >= 0.3 is 0 Å². The van der Waals surface area contributed by atoms with E-state index in [0.29, 0.717) is 17.4 Å². The molecule has 1 atom stereocenters. The van der Waals surface area contributed by atoms with Crippen LogP contribution in [-0.4, -0.2) is 24.6 Å². The van der Waals surface area contributed by atoms with Crippen LogP contribution in [0.1, 0.15) is 18.2 Å². The summed E-state index contributed by atoms with van der Waals surface area (Å²) in [5.74, 6) is 0.666. The average Bonchev–Trinajstić information content (AvgIpc) is 2.26. The Balaban J connectivity index is 2.75. The molecule has 0 amide bonds. The van der Waals surface area contributed by atoms with Crippen molar-refractivity contribution in [3.8, 4) is 6.07 Å². The van der Waals surface area contributed by atoms with Gasteiger partial charge in [0.1, 0.15) is 11.9 Å². The number of aryl methyl sites for hydroxylation is 1. The van der Waals surface area contributed by atoms with Crippen LogP contribution in [0.25, 0.3) is 0 Å². The minimum Gasteiger partial charge on any atom is -0.367 e. The minimum absolute atomic E-state index is 0.346. The number of hydrogen-bond donors (Lipinski definition) is 2. The molecular formula is C11H16N4. The van der Waals surface area contributed by atoms with Gasteiger partial charge in [-0.15, -0.1) is 0 Å². The first-order chi connectivity index (χ1) is 7.17. The second kappa shape index (κ2) is 5.32. The average molecular weight is 204 g/mol. The van der Waals surface area contributed by atoms with Crippen molar-refractivity contribution in [3.63, 3.8) is 0 Å². The molecular weight excluding hydrogens is 188 g/mol. The van der Waals surface area contributed by atoms with E-state index in [2.05, 4.69) is 28.6 Å². The Morgan fingerprint density at radius 3 is 2.87 bits per heavy atom. The molecule has 2 N–H and O–H groups in total. The highest BCUT2D eigenvalue weighted by Gasteiger charge is 2.04. The second-order valence-electron chi connectivity index (χ2n) is 3.53. The van der Waals surface area contributed by atoms with E-state index in [1.54, 1.807) is 6.07 Å². The van der Waals surface area contributed by atoms with Crippen molar-refractivity contribution < 1.29 is 0 Å². The standard InChI is InChI=1S/C11H16N4/c1-8-4-5-10(6-12)11(15-8)14-7-9(2)13-3/h4-5,9,13H,7H2,1-3H3,(H,14,15). The van der Waals surface area contributed by atoms with Crippen molar-refractivity contribution in [1.82, 2.24) is 10.3 Å². The van der Waals surface area contributed by atoms with Crippen LogP contribution in [0.2, 0.25) is 0 Å². The monoisotopic (exact) mass is 204 g/mol. The number of aromatic nitrogens is 1. The van der Waals surface area contributed by atoms with E-state index in [0.717, 1.165) is 12.2 Å². The molecule has 1 aromatic heterocycles. The molecule has 0 fully saturated rings. The molecule has 80 valence electrons. The number of anilines is 1. The maximum Gasteiger partial charge on any atom is 0.144 e. The summed E-state index contributed by atoms with van der Waals surface area (Å²) >= 11 is 0. The predicted octanol–water partition coefficient (Wildman–Crippen LogP) is 1.28. The first-order valence-electron chi connectivity index (χ1n) is 4.96. The zero-order valence-corrected chi connectivity index (χ0v) is 9.33. The third-order valence-electron chi connectivity index (χ3n) is 2.22. The summed E-state index contributed by atoms with van der Waals surface area (Å²) in [6.45, 7) is 4.73. The summed E-state index contributed by atoms with van der Waals surface area (Å²) in [7, 11) is 1.90. The molecule has 0 spiro atoms. The third-order valence-corrected chi connectivity index (χ3v) is 2.22. The summed E-state index contributed by atoms with van der Waals surface area (Å²) in [5, 5.41) is 15.2. The molecule has 0 bridgehead atoms. The van der Waals surface area contributed by atoms with E-state index < -0.39 is 0 Å². The lowest BCUT2D eigenvalue weighted by Crippen LogP contribution is -2.29. The smallest absolute Gasteiger partial charge is 0.144 e. The van der Waals surface area contributed by atoms with Gasteiger partial charge in [-0.3, -0.25) is 0 Å². The molecule has 4 heteroatoms. The van der Waals surface area contributed by atoms with Gasteiger partial charge in [-0.2, -0.15) is 5.26 Å². The number of nitrogens with zero attached hydrogens (tertiary/aromatic N) is 2. The fourth-order valence-corrected chi connectivity index (χ4v) is 1.13. The van der Waals surface area contributed by atoms with E-state index in [4.69, 9.17) is 5.26 Å². The first-order valence-corrected chi connectivity index (χ1v) is 4.96. The largest absolute Gasteiger partial charge is 0.367 e. The van der Waals surface area contributed by atoms with Gasteiger partial charge in [0.15, 0.2) is 0 Å². The predicted molar refractivity (Wildman–Crippen MR) is 60.7 cm³/mol. The van der Waals surface area contributed by atoms with Crippen molar-refractivity contribution in [1.29, 1.82) is 5.26 Å². The molecule has 0 aliphatic heterocycles. The highest BCUT2D eigenvalue weighted by atomic mass is 15.0. The number of hydrogen-bond acceptors (Lipinski definition) is 4. The molecule has 15 heavy (non-hydrogen) atoms. The molecule has 0 aliphatic carbocycles. The van der Waals surface area contributed by atoms with Crippen LogP contribution in [0.5, 0.6) is 0 Å². The molecule has 1 aromatic rings. The molecule has 1 rings (SSSR count). The van der Waals surface area contributed by atoms with Gasteiger partial charge in [-0.25, -0.2) is 4.98 Å². The van der Waals surface area contributed by atoms with Crippen molar-refractivity contribution in [2.24, 2.45) is 0 Å². The summed E-state index contributed by atoms with van der Waals surface area (Å²) in [6, 6.07) is 6.09. The van der Waals surface area contributed by atoms with Gasteiger partial charge in [0.2, 0.25) is 0 Å². The molecule has 1 heterocycles. The Hall–Kier alpha value is -1.60. The van der Waals surface area contributed by atoms with Gasteiger partial charge < -0.3 is 10.6 Å². The van der Waals surface area contributed by atoms with E-state index in [1.165, 1.54) is 0 Å². The van der Waals surface area contributed by atoms with Crippen LogP contribution in [0.3, 0.4) is 0 Å². The van der Waals surface area contributed by atoms with Crippen LogP contribution in [-0.2, 0) is 0 Å². The number of nitrogens with one attached hydrogen (secondary N) is 2. The second-order valence-corrected chi connectivity index (χ2v) is 3.53. The number of pyridine rings is 1. The van der Waals surface area contributed by atoms with Crippen LogP contribution >= 0.6 is 0 Å². The SMILES string of the molecule is CNC(C)CNc1nc(C)ccc1C#N. The van der Waals surface area contributed by atoms with E-state index in [-0.39, 0.29) is 0 Å². The Bertz CT molecular complexity index is 367. The third kappa shape index (κ3) is 3.22. The van der Waals surface area contributed by atoms with Crippen molar-refractivity contribution in [3.05, 3.63) is 23.4 Å². The summed E-state index contributed by atoms with van der Waals surface area (Å²) < 4.78 is 0. The molecule has 1 unspecified atom stereocenters.